The van der Waals surface area contributed by atoms with Gasteiger partial charge in [0.05, 0.1) is 10.7 Å². The van der Waals surface area contributed by atoms with Crippen molar-refractivity contribution < 1.29 is 4.79 Å². The zero-order chi connectivity index (χ0) is 16.7. The van der Waals surface area contributed by atoms with Gasteiger partial charge in [0.25, 0.3) is 5.91 Å². The van der Waals surface area contributed by atoms with Crippen LogP contribution in [0.15, 0.2) is 70.7 Å². The summed E-state index contributed by atoms with van der Waals surface area (Å²) in [5, 5.41) is 12.2. The van der Waals surface area contributed by atoms with Crippen LogP contribution in [0.1, 0.15) is 5.56 Å². The number of carbonyl (C=O) groups is 1. The topological polar surface area (TPSA) is 52.9 Å². The molecule has 0 saturated carbocycles. The van der Waals surface area contributed by atoms with E-state index >= 15 is 0 Å². The Balaban J connectivity index is 2.19. The number of nitrogens with one attached hydrogen (secondary N) is 1. The molecule has 0 aliphatic rings. The van der Waals surface area contributed by atoms with Gasteiger partial charge in [0.1, 0.15) is 11.6 Å². The van der Waals surface area contributed by atoms with Gasteiger partial charge < -0.3 is 5.32 Å². The summed E-state index contributed by atoms with van der Waals surface area (Å²) in [4.78, 5) is 12.2. The van der Waals surface area contributed by atoms with Crippen LogP contribution < -0.4 is 5.32 Å². The van der Waals surface area contributed by atoms with Crippen LogP contribution in [0.25, 0.3) is 6.08 Å². The molecule has 3 nitrogen and oxygen atoms in total. The van der Waals surface area contributed by atoms with Crippen molar-refractivity contribution in [3.63, 3.8) is 0 Å². The van der Waals surface area contributed by atoms with Gasteiger partial charge in [-0.2, -0.15) is 5.26 Å². The molecule has 0 aliphatic heterocycles. The Morgan fingerprint density at radius 3 is 2.43 bits per heavy atom. The van der Waals surface area contributed by atoms with Crippen LogP contribution in [0.4, 0.5) is 5.69 Å². The molecule has 1 amide bonds. The molecule has 2 rings (SSSR count). The molecule has 23 heavy (non-hydrogen) atoms. The van der Waals surface area contributed by atoms with Crippen LogP contribution in [-0.2, 0) is 4.79 Å². The smallest absolute Gasteiger partial charge is 0.266 e. The lowest BCUT2D eigenvalue weighted by Gasteiger charge is -2.05. The summed E-state index contributed by atoms with van der Waals surface area (Å²) in [6, 6.07) is 18.3. The predicted molar refractivity (Wildman–Crippen MR) is 97.1 cm³/mol. The maximum atomic E-state index is 12.2. The predicted octanol–water partition coefficient (Wildman–Crippen LogP) is 5.16. The number of carbonyl (C=O) groups excluding carboxylic acids is 1. The van der Waals surface area contributed by atoms with Crippen LogP contribution in [0.2, 0.25) is 5.02 Å². The van der Waals surface area contributed by atoms with Crippen molar-refractivity contribution in [3.8, 4) is 6.07 Å². The van der Waals surface area contributed by atoms with Gasteiger partial charge >= 0.3 is 0 Å². The third-order valence-corrected chi connectivity index (χ3v) is 3.66. The van der Waals surface area contributed by atoms with E-state index < -0.39 is 5.91 Å². The number of para-hydroxylation sites is 1. The van der Waals surface area contributed by atoms with Crippen LogP contribution >= 0.6 is 27.5 Å². The van der Waals surface area contributed by atoms with Gasteiger partial charge in [-0.3, -0.25) is 4.79 Å². The monoisotopic (exact) mass is 386 g/mol. The summed E-state index contributed by atoms with van der Waals surface area (Å²) >= 11 is 9.34. The molecule has 114 valence electrons. The molecule has 1 N–H and O–H groups in total. The Bertz CT molecular complexity index is 807. The number of allylic oxidation sites excluding steroid dienone is 2. The summed E-state index contributed by atoms with van der Waals surface area (Å²) in [5.74, 6) is -0.515. The molecule has 0 bridgehead atoms. The largest absolute Gasteiger partial charge is 0.320 e. The second-order valence-corrected chi connectivity index (χ2v) is 5.87. The van der Waals surface area contributed by atoms with Crippen molar-refractivity contribution in [2.45, 2.75) is 0 Å². The third-order valence-electron chi connectivity index (χ3n) is 2.87. The number of benzene rings is 2. The highest BCUT2D eigenvalue weighted by Crippen LogP contribution is 2.22. The minimum Gasteiger partial charge on any atom is -0.320 e. The molecule has 0 unspecified atom stereocenters. The van der Waals surface area contributed by atoms with E-state index in [1.165, 1.54) is 6.08 Å². The second kappa shape index (κ2) is 8.33. The SMILES string of the molecule is N#C/C(=C\C(Br)=C\c1ccccc1)C(=O)Nc1ccccc1Cl. The maximum Gasteiger partial charge on any atom is 0.266 e. The Hall–Kier alpha value is -2.35. The molecule has 0 fully saturated rings. The number of hydrogen-bond donors (Lipinski definition) is 1. The summed E-state index contributed by atoms with van der Waals surface area (Å²) in [5.41, 5.74) is 1.40. The number of nitrogens with zero attached hydrogens (tertiary/aromatic N) is 1. The van der Waals surface area contributed by atoms with E-state index in [1.807, 2.05) is 42.5 Å². The number of amides is 1. The molecule has 2 aromatic rings. The van der Waals surface area contributed by atoms with Crippen molar-refractivity contribution >= 4 is 45.2 Å². The van der Waals surface area contributed by atoms with E-state index in [4.69, 9.17) is 11.6 Å². The van der Waals surface area contributed by atoms with Crippen molar-refractivity contribution in [1.82, 2.24) is 0 Å². The van der Waals surface area contributed by atoms with Gasteiger partial charge in [-0.05, 0) is 29.8 Å². The van der Waals surface area contributed by atoms with Crippen LogP contribution in [0.5, 0.6) is 0 Å². The number of anilines is 1. The van der Waals surface area contributed by atoms with Gasteiger partial charge in [-0.15, -0.1) is 0 Å². The van der Waals surface area contributed by atoms with E-state index in [-0.39, 0.29) is 5.57 Å². The lowest BCUT2D eigenvalue weighted by atomic mass is 10.2. The second-order valence-electron chi connectivity index (χ2n) is 4.54. The fourth-order valence-electron chi connectivity index (χ4n) is 1.79. The van der Waals surface area contributed by atoms with Gasteiger partial charge in [0, 0.05) is 4.48 Å². The van der Waals surface area contributed by atoms with E-state index in [9.17, 15) is 10.1 Å². The average Bonchev–Trinajstić information content (AvgIpc) is 2.55. The minimum absolute atomic E-state index is 0.0241. The Morgan fingerprint density at radius 1 is 1.13 bits per heavy atom. The van der Waals surface area contributed by atoms with E-state index in [1.54, 1.807) is 24.3 Å². The molecule has 0 heterocycles. The minimum atomic E-state index is -0.515. The number of rotatable bonds is 4. The van der Waals surface area contributed by atoms with Crippen LogP contribution in [-0.4, -0.2) is 5.91 Å². The number of hydrogen-bond acceptors (Lipinski definition) is 2. The summed E-state index contributed by atoms with van der Waals surface area (Å²) < 4.78 is 0.620. The van der Waals surface area contributed by atoms with Crippen molar-refractivity contribution in [3.05, 3.63) is 81.3 Å². The Kier molecular flexibility index (Phi) is 6.16. The fourth-order valence-corrected chi connectivity index (χ4v) is 2.47. The highest BCUT2D eigenvalue weighted by Gasteiger charge is 2.11. The quantitative estimate of drug-likeness (QED) is 0.447. The van der Waals surface area contributed by atoms with Gasteiger partial charge in [-0.1, -0.05) is 70.0 Å². The molecule has 0 radical (unpaired) electrons. The maximum absolute atomic E-state index is 12.2. The average molecular weight is 388 g/mol. The lowest BCUT2D eigenvalue weighted by Crippen LogP contribution is -2.13. The van der Waals surface area contributed by atoms with Crippen molar-refractivity contribution in [2.75, 3.05) is 5.32 Å². The molecule has 0 aliphatic carbocycles. The first-order chi connectivity index (χ1) is 11.1. The van der Waals surface area contributed by atoms with Crippen molar-refractivity contribution in [2.24, 2.45) is 0 Å². The molecule has 2 aromatic carbocycles. The highest BCUT2D eigenvalue weighted by atomic mass is 79.9. The lowest BCUT2D eigenvalue weighted by molar-refractivity contribution is -0.112. The standard InChI is InChI=1S/C18H12BrClN2O/c19-15(10-13-6-2-1-3-7-13)11-14(12-21)18(23)22-17-9-5-4-8-16(17)20/h1-11H,(H,22,23)/b14-11+,15-10-. The molecule has 0 spiro atoms. The first kappa shape index (κ1) is 17.0. The van der Waals surface area contributed by atoms with E-state index in [2.05, 4.69) is 21.2 Å². The van der Waals surface area contributed by atoms with Crippen LogP contribution in [0, 0.1) is 11.3 Å². The Morgan fingerprint density at radius 2 is 1.78 bits per heavy atom. The first-order valence-corrected chi connectivity index (χ1v) is 7.87. The molecule has 0 atom stereocenters. The summed E-state index contributed by atoms with van der Waals surface area (Å²) in [7, 11) is 0. The van der Waals surface area contributed by atoms with Gasteiger partial charge in [0.15, 0.2) is 0 Å². The molecular formula is C18H12BrClN2O. The van der Waals surface area contributed by atoms with Crippen molar-refractivity contribution in [1.29, 1.82) is 5.26 Å². The normalized spacial score (nSPS) is 11.7. The zero-order valence-corrected chi connectivity index (χ0v) is 14.3. The summed E-state index contributed by atoms with van der Waals surface area (Å²) in [6.45, 7) is 0. The molecule has 0 aromatic heterocycles. The highest BCUT2D eigenvalue weighted by molar-refractivity contribution is 9.12. The number of nitriles is 1. The third kappa shape index (κ3) is 5.10. The fraction of sp³-hybridized carbons (Fsp3) is 0. The Labute approximate surface area is 148 Å². The molecule has 5 heteroatoms. The first-order valence-electron chi connectivity index (χ1n) is 6.70. The van der Waals surface area contributed by atoms with E-state index in [0.29, 0.717) is 15.2 Å². The molecular weight excluding hydrogens is 376 g/mol. The van der Waals surface area contributed by atoms with Gasteiger partial charge in [0.2, 0.25) is 0 Å². The summed E-state index contributed by atoms with van der Waals surface area (Å²) in [6.07, 6.45) is 3.29. The zero-order valence-electron chi connectivity index (χ0n) is 12.0. The number of halogens is 2. The van der Waals surface area contributed by atoms with Crippen LogP contribution in [0.3, 0.4) is 0 Å². The molecule has 0 saturated heterocycles. The van der Waals surface area contributed by atoms with Gasteiger partial charge in [-0.25, -0.2) is 0 Å². The van der Waals surface area contributed by atoms with E-state index in [0.717, 1.165) is 5.56 Å².